The largest absolute Gasteiger partial charge is 0.389 e. The van der Waals surface area contributed by atoms with Crippen molar-refractivity contribution in [3.8, 4) is 6.07 Å². The maximum atomic E-state index is 13.2. The molecule has 30 heavy (non-hydrogen) atoms. The zero-order valence-corrected chi connectivity index (χ0v) is 17.4. The Balaban J connectivity index is 1.73. The lowest BCUT2D eigenvalue weighted by atomic mass is 9.84. The van der Waals surface area contributed by atoms with Crippen molar-refractivity contribution >= 4 is 17.7 Å². The molecule has 1 N–H and O–H groups in total. The van der Waals surface area contributed by atoms with Crippen molar-refractivity contribution in [1.29, 1.82) is 5.26 Å². The Labute approximate surface area is 177 Å². The third-order valence-corrected chi connectivity index (χ3v) is 5.52. The highest BCUT2D eigenvalue weighted by Crippen LogP contribution is 2.29. The van der Waals surface area contributed by atoms with Crippen molar-refractivity contribution in [3.63, 3.8) is 0 Å². The molecule has 1 aliphatic heterocycles. The van der Waals surface area contributed by atoms with Crippen LogP contribution in [0.3, 0.4) is 0 Å². The molecule has 1 saturated heterocycles. The molecule has 0 saturated carbocycles. The minimum atomic E-state index is -0.922. The number of aliphatic hydroxyl groups is 1. The van der Waals surface area contributed by atoms with Crippen LogP contribution < -0.4 is 0 Å². The highest BCUT2D eigenvalue weighted by atomic mass is 16.3. The van der Waals surface area contributed by atoms with Gasteiger partial charge in [-0.25, -0.2) is 0 Å². The van der Waals surface area contributed by atoms with E-state index in [0.29, 0.717) is 49.2 Å². The average molecular weight is 402 g/mol. The van der Waals surface area contributed by atoms with Crippen LogP contribution in [0.5, 0.6) is 0 Å². The molecule has 6 heteroatoms. The molecule has 1 aromatic heterocycles. The number of aromatic nitrogens is 1. The molecule has 0 aliphatic carbocycles. The molecule has 0 atom stereocenters. The molecule has 2 aromatic rings. The van der Waals surface area contributed by atoms with E-state index in [0.717, 1.165) is 11.1 Å². The van der Waals surface area contributed by atoms with E-state index in [9.17, 15) is 15.2 Å². The molecule has 3 rings (SSSR count). The fourth-order valence-electron chi connectivity index (χ4n) is 3.77. The standard InChI is InChI=1S/C24H26N4O2/c1-18(9-13-26-2)22-21(8-5-12-27-22)23(29)28-14-10-24(30,11-15-28)16-19-6-3-4-7-20(19)17-25/h3-9,12-13,30H,10-11,14-16H2,1-2H3. The van der Waals surface area contributed by atoms with Crippen molar-refractivity contribution < 1.29 is 9.90 Å². The average Bonchev–Trinajstić information content (AvgIpc) is 2.77. The highest BCUT2D eigenvalue weighted by Gasteiger charge is 2.35. The number of likely N-dealkylation sites (tertiary alicyclic amines) is 1. The third-order valence-electron chi connectivity index (χ3n) is 5.52. The van der Waals surface area contributed by atoms with Gasteiger partial charge in [-0.15, -0.1) is 0 Å². The zero-order chi connectivity index (χ0) is 21.6. The summed E-state index contributed by atoms with van der Waals surface area (Å²) in [6.07, 6.45) is 6.53. The molecular formula is C24H26N4O2. The summed E-state index contributed by atoms with van der Waals surface area (Å²) in [5, 5.41) is 20.4. The Bertz CT molecular complexity index is 1010. The van der Waals surface area contributed by atoms with E-state index in [1.165, 1.54) is 0 Å². The number of nitriles is 1. The highest BCUT2D eigenvalue weighted by molar-refractivity contribution is 5.99. The van der Waals surface area contributed by atoms with Crippen LogP contribution in [0.4, 0.5) is 0 Å². The molecule has 1 aliphatic rings. The molecule has 154 valence electrons. The molecule has 0 unspecified atom stereocenters. The number of pyridine rings is 1. The van der Waals surface area contributed by atoms with Crippen LogP contribution in [0.2, 0.25) is 0 Å². The van der Waals surface area contributed by atoms with Crippen LogP contribution in [-0.2, 0) is 6.42 Å². The van der Waals surface area contributed by atoms with Gasteiger partial charge in [0.15, 0.2) is 0 Å². The Morgan fingerprint density at radius 1 is 1.30 bits per heavy atom. The van der Waals surface area contributed by atoms with E-state index in [1.807, 2.05) is 31.2 Å². The van der Waals surface area contributed by atoms with E-state index < -0.39 is 5.60 Å². The third kappa shape index (κ3) is 4.81. The zero-order valence-electron chi connectivity index (χ0n) is 17.4. The van der Waals surface area contributed by atoms with Crippen LogP contribution in [0.25, 0.3) is 5.57 Å². The van der Waals surface area contributed by atoms with Crippen LogP contribution in [0.15, 0.2) is 53.7 Å². The molecule has 1 fully saturated rings. The minimum Gasteiger partial charge on any atom is -0.389 e. The van der Waals surface area contributed by atoms with Crippen LogP contribution in [-0.4, -0.2) is 52.9 Å². The quantitative estimate of drug-likeness (QED) is 0.778. The predicted octanol–water partition coefficient (Wildman–Crippen LogP) is 3.27. The summed E-state index contributed by atoms with van der Waals surface area (Å²) in [6, 6.07) is 13.1. The second-order valence-electron chi connectivity index (χ2n) is 7.62. The first-order valence-corrected chi connectivity index (χ1v) is 10.0. The first kappa shape index (κ1) is 21.4. The number of piperidine rings is 1. The Kier molecular flexibility index (Phi) is 6.76. The van der Waals surface area contributed by atoms with E-state index in [4.69, 9.17) is 0 Å². The number of aliphatic imine (C=N–C) groups is 1. The topological polar surface area (TPSA) is 89.6 Å². The van der Waals surface area contributed by atoms with Gasteiger partial charge in [-0.3, -0.25) is 14.8 Å². The summed E-state index contributed by atoms with van der Waals surface area (Å²) < 4.78 is 0. The van der Waals surface area contributed by atoms with Crippen LogP contribution in [0.1, 0.15) is 46.9 Å². The van der Waals surface area contributed by atoms with Gasteiger partial charge in [-0.2, -0.15) is 5.26 Å². The Morgan fingerprint density at radius 3 is 2.73 bits per heavy atom. The van der Waals surface area contributed by atoms with E-state index in [1.54, 1.807) is 42.6 Å². The van der Waals surface area contributed by atoms with Gasteiger partial charge in [0, 0.05) is 39.0 Å². The first-order valence-electron chi connectivity index (χ1n) is 10.0. The van der Waals surface area contributed by atoms with Crippen molar-refractivity contribution in [1.82, 2.24) is 9.88 Å². The van der Waals surface area contributed by atoms with Gasteiger partial charge in [0.2, 0.25) is 0 Å². The lowest BCUT2D eigenvalue weighted by Crippen LogP contribution is -2.48. The summed E-state index contributed by atoms with van der Waals surface area (Å²) in [5.74, 6) is -0.0845. The number of carbonyl (C=O) groups excluding carboxylic acids is 1. The number of benzene rings is 1. The smallest absolute Gasteiger partial charge is 0.256 e. The van der Waals surface area contributed by atoms with Crippen molar-refractivity contribution in [2.45, 2.75) is 31.8 Å². The Hall–Kier alpha value is -3.30. The number of hydrogen-bond donors (Lipinski definition) is 1. The number of rotatable bonds is 5. The molecule has 1 aromatic carbocycles. The molecule has 0 spiro atoms. The summed E-state index contributed by atoms with van der Waals surface area (Å²) in [5.41, 5.74) is 2.57. The molecule has 2 heterocycles. The minimum absolute atomic E-state index is 0.0845. The van der Waals surface area contributed by atoms with Gasteiger partial charge < -0.3 is 10.0 Å². The maximum absolute atomic E-state index is 13.2. The van der Waals surface area contributed by atoms with Crippen LogP contribution in [0, 0.1) is 11.3 Å². The predicted molar refractivity (Wildman–Crippen MR) is 117 cm³/mol. The summed E-state index contributed by atoms with van der Waals surface area (Å²) in [4.78, 5) is 23.3. The fraction of sp³-hybridized carbons (Fsp3) is 0.333. The fourth-order valence-corrected chi connectivity index (χ4v) is 3.77. The van der Waals surface area contributed by atoms with Crippen molar-refractivity contribution in [2.24, 2.45) is 4.99 Å². The first-order chi connectivity index (χ1) is 14.5. The molecular weight excluding hydrogens is 376 g/mol. The normalized spacial score (nSPS) is 16.5. The Morgan fingerprint density at radius 2 is 2.03 bits per heavy atom. The lowest BCUT2D eigenvalue weighted by Gasteiger charge is -2.38. The second-order valence-corrected chi connectivity index (χ2v) is 7.62. The number of hydrogen-bond acceptors (Lipinski definition) is 5. The SMILES string of the molecule is CN=CC=C(C)c1ncccc1C(=O)N1CCC(O)(Cc2ccccc2C#N)CC1. The van der Waals surface area contributed by atoms with E-state index in [-0.39, 0.29) is 5.91 Å². The number of allylic oxidation sites excluding steroid dienone is 2. The number of amides is 1. The van der Waals surface area contributed by atoms with Gasteiger partial charge in [-0.1, -0.05) is 18.2 Å². The molecule has 6 nitrogen and oxygen atoms in total. The number of nitrogens with zero attached hydrogens (tertiary/aromatic N) is 4. The van der Waals surface area contributed by atoms with Gasteiger partial charge in [0.25, 0.3) is 5.91 Å². The number of carbonyl (C=O) groups is 1. The molecule has 0 bridgehead atoms. The molecule has 0 radical (unpaired) electrons. The summed E-state index contributed by atoms with van der Waals surface area (Å²) in [7, 11) is 1.69. The van der Waals surface area contributed by atoms with Crippen molar-refractivity contribution in [3.05, 3.63) is 71.1 Å². The molecule has 1 amide bonds. The summed E-state index contributed by atoms with van der Waals surface area (Å²) in [6.45, 7) is 2.82. The monoisotopic (exact) mass is 402 g/mol. The van der Waals surface area contributed by atoms with E-state index >= 15 is 0 Å². The van der Waals surface area contributed by atoms with Crippen molar-refractivity contribution in [2.75, 3.05) is 20.1 Å². The van der Waals surface area contributed by atoms with Gasteiger partial charge >= 0.3 is 0 Å². The maximum Gasteiger partial charge on any atom is 0.256 e. The van der Waals surface area contributed by atoms with Gasteiger partial charge in [-0.05, 0) is 55.2 Å². The van der Waals surface area contributed by atoms with Crippen LogP contribution >= 0.6 is 0 Å². The summed E-state index contributed by atoms with van der Waals surface area (Å²) >= 11 is 0. The second kappa shape index (κ2) is 9.47. The van der Waals surface area contributed by atoms with Gasteiger partial charge in [0.1, 0.15) is 0 Å². The van der Waals surface area contributed by atoms with Gasteiger partial charge in [0.05, 0.1) is 28.5 Å². The lowest BCUT2D eigenvalue weighted by molar-refractivity contribution is -0.0163. The van der Waals surface area contributed by atoms with E-state index in [2.05, 4.69) is 16.0 Å².